The summed E-state index contributed by atoms with van der Waals surface area (Å²) in [5, 5.41) is 2.68. The van der Waals surface area contributed by atoms with Crippen molar-refractivity contribution in [3.63, 3.8) is 0 Å². The van der Waals surface area contributed by atoms with Crippen LogP contribution in [0.1, 0.15) is 16.1 Å². The molecule has 0 saturated heterocycles. The number of rotatable bonds is 7. The zero-order chi connectivity index (χ0) is 29.3. The minimum absolute atomic E-state index is 0.0196. The zero-order valence-corrected chi connectivity index (χ0v) is 22.5. The van der Waals surface area contributed by atoms with E-state index in [2.05, 4.69) is 15.3 Å². The zero-order valence-electron chi connectivity index (χ0n) is 22.5. The molecule has 0 radical (unpaired) electrons. The number of aromatic nitrogens is 3. The molecule has 0 bridgehead atoms. The van der Waals surface area contributed by atoms with E-state index in [-0.39, 0.29) is 22.6 Å². The lowest BCUT2D eigenvalue weighted by molar-refractivity contribution is 0.102. The van der Waals surface area contributed by atoms with Crippen molar-refractivity contribution < 1.29 is 27.8 Å². The van der Waals surface area contributed by atoms with E-state index in [0.29, 0.717) is 45.7 Å². The number of carbonyl (C=O) groups excluding carboxylic acids is 1. The van der Waals surface area contributed by atoms with Crippen LogP contribution in [0.5, 0.6) is 23.1 Å². The lowest BCUT2D eigenvalue weighted by atomic mass is 10.0. The van der Waals surface area contributed by atoms with Crippen molar-refractivity contribution in [3.8, 4) is 34.3 Å². The summed E-state index contributed by atoms with van der Waals surface area (Å²) in [7, 11) is 4.62. The molecule has 1 amide bonds. The number of hydrogen-bond donors (Lipinski definition) is 1. The van der Waals surface area contributed by atoms with Crippen molar-refractivity contribution in [2.45, 2.75) is 6.92 Å². The lowest BCUT2D eigenvalue weighted by Crippen LogP contribution is -2.25. The Hall–Kier alpha value is -5.32. The molecule has 41 heavy (non-hydrogen) atoms. The molecule has 9 nitrogen and oxygen atoms in total. The van der Waals surface area contributed by atoms with Gasteiger partial charge in [-0.05, 0) is 43.3 Å². The molecular formula is C30H24F2N4O5. The number of anilines is 1. The minimum atomic E-state index is -0.895. The molecule has 1 N–H and O–H groups in total. The van der Waals surface area contributed by atoms with Gasteiger partial charge in [-0.1, -0.05) is 0 Å². The Bertz CT molecular complexity index is 1860. The Morgan fingerprint density at radius 2 is 1.73 bits per heavy atom. The summed E-state index contributed by atoms with van der Waals surface area (Å²) in [6, 6.07) is 12.8. The predicted octanol–water partition coefficient (Wildman–Crippen LogP) is 5.64. The highest BCUT2D eigenvalue weighted by Crippen LogP contribution is 2.34. The molecule has 3 heterocycles. The molecule has 0 atom stereocenters. The van der Waals surface area contributed by atoms with Gasteiger partial charge < -0.3 is 24.1 Å². The standard InChI is InChI=1S/C30H24F2N4O5/c1-16-26(20-10-5-17(31)13-22(20)32)28(37)21(15-36(16)2)29(38)34-18-6-8-19(9-7-18)41-24-11-12-33-23-14-25(39-3)30(40-4)35-27(23)24/h5-15H,1-4H3,(H,34,38). The Morgan fingerprint density at radius 1 is 0.976 bits per heavy atom. The number of amides is 1. The van der Waals surface area contributed by atoms with Crippen LogP contribution in [0.3, 0.4) is 0 Å². The fraction of sp³-hybridized carbons (Fsp3) is 0.133. The predicted molar refractivity (Wildman–Crippen MR) is 149 cm³/mol. The smallest absolute Gasteiger partial charge is 0.261 e. The average molecular weight is 559 g/mol. The third-order valence-corrected chi connectivity index (χ3v) is 6.49. The lowest BCUT2D eigenvalue weighted by Gasteiger charge is -2.14. The largest absolute Gasteiger partial charge is 0.491 e. The Morgan fingerprint density at radius 3 is 2.41 bits per heavy atom. The van der Waals surface area contributed by atoms with Crippen LogP contribution >= 0.6 is 0 Å². The topological polar surface area (TPSA) is 105 Å². The summed E-state index contributed by atoms with van der Waals surface area (Å²) in [6.45, 7) is 1.62. The molecule has 0 saturated carbocycles. The molecule has 0 unspecified atom stereocenters. The van der Waals surface area contributed by atoms with Gasteiger partial charge in [-0.15, -0.1) is 0 Å². The van der Waals surface area contributed by atoms with Crippen LogP contribution < -0.4 is 25.0 Å². The second-order valence-corrected chi connectivity index (χ2v) is 9.02. The molecule has 2 aromatic carbocycles. The first-order chi connectivity index (χ1) is 19.7. The van der Waals surface area contributed by atoms with Gasteiger partial charge in [0.1, 0.15) is 28.5 Å². The second-order valence-electron chi connectivity index (χ2n) is 9.02. The van der Waals surface area contributed by atoms with E-state index in [9.17, 15) is 18.4 Å². The first-order valence-corrected chi connectivity index (χ1v) is 12.3. The van der Waals surface area contributed by atoms with Gasteiger partial charge in [0.2, 0.25) is 5.43 Å². The highest BCUT2D eigenvalue weighted by Gasteiger charge is 2.21. The summed E-state index contributed by atoms with van der Waals surface area (Å²) in [6.07, 6.45) is 2.95. The van der Waals surface area contributed by atoms with E-state index >= 15 is 0 Å². The maximum Gasteiger partial charge on any atom is 0.261 e. The summed E-state index contributed by atoms with van der Waals surface area (Å²) < 4.78 is 46.1. The summed E-state index contributed by atoms with van der Waals surface area (Å²) in [5.41, 5.74) is 0.846. The van der Waals surface area contributed by atoms with Gasteiger partial charge in [0.05, 0.1) is 25.3 Å². The number of ether oxygens (including phenoxy) is 3. The van der Waals surface area contributed by atoms with Crippen LogP contribution in [0.25, 0.3) is 22.2 Å². The highest BCUT2D eigenvalue weighted by molar-refractivity contribution is 6.04. The van der Waals surface area contributed by atoms with Gasteiger partial charge in [-0.25, -0.2) is 13.8 Å². The second kappa shape index (κ2) is 11.0. The maximum atomic E-state index is 14.5. The van der Waals surface area contributed by atoms with Crippen LogP contribution in [0, 0.1) is 18.6 Å². The number of carbonyl (C=O) groups is 1. The summed E-state index contributed by atoms with van der Waals surface area (Å²) >= 11 is 0. The number of aryl methyl sites for hydroxylation is 1. The van der Waals surface area contributed by atoms with E-state index in [4.69, 9.17) is 14.2 Å². The van der Waals surface area contributed by atoms with Crippen molar-refractivity contribution in [3.05, 3.63) is 100 Å². The van der Waals surface area contributed by atoms with Gasteiger partial charge in [-0.3, -0.25) is 14.6 Å². The van der Waals surface area contributed by atoms with Gasteiger partial charge in [-0.2, -0.15) is 0 Å². The molecular weight excluding hydrogens is 534 g/mol. The first kappa shape index (κ1) is 27.3. The first-order valence-electron chi connectivity index (χ1n) is 12.3. The van der Waals surface area contributed by atoms with Gasteiger partial charge in [0, 0.05) is 54.6 Å². The SMILES string of the molecule is COc1cc2nccc(Oc3ccc(NC(=O)c4cn(C)c(C)c(-c5ccc(F)cc5F)c4=O)cc3)c2nc1OC. The average Bonchev–Trinajstić information content (AvgIpc) is 2.96. The minimum Gasteiger partial charge on any atom is -0.491 e. The fourth-order valence-electron chi connectivity index (χ4n) is 4.31. The third-order valence-electron chi connectivity index (χ3n) is 6.49. The number of pyridine rings is 3. The normalized spacial score (nSPS) is 10.9. The van der Waals surface area contributed by atoms with Gasteiger partial charge in [0.15, 0.2) is 11.5 Å². The highest BCUT2D eigenvalue weighted by atomic mass is 19.1. The van der Waals surface area contributed by atoms with E-state index < -0.39 is 23.0 Å². The number of halogens is 2. The molecule has 0 fully saturated rings. The maximum absolute atomic E-state index is 14.5. The van der Waals surface area contributed by atoms with Gasteiger partial charge >= 0.3 is 0 Å². The van der Waals surface area contributed by atoms with Crippen LogP contribution in [0.2, 0.25) is 0 Å². The van der Waals surface area contributed by atoms with Crippen LogP contribution in [0.15, 0.2) is 71.8 Å². The van der Waals surface area contributed by atoms with Crippen molar-refractivity contribution in [1.29, 1.82) is 0 Å². The number of nitrogens with zero attached hydrogens (tertiary/aromatic N) is 3. The van der Waals surface area contributed by atoms with E-state index in [1.165, 1.54) is 26.5 Å². The third kappa shape index (κ3) is 5.29. The monoisotopic (exact) mass is 558 g/mol. The Balaban J connectivity index is 1.39. The number of hydrogen-bond acceptors (Lipinski definition) is 7. The number of methoxy groups -OCH3 is 2. The quantitative estimate of drug-likeness (QED) is 0.276. The van der Waals surface area contributed by atoms with Gasteiger partial charge in [0.25, 0.3) is 11.8 Å². The van der Waals surface area contributed by atoms with E-state index in [1.54, 1.807) is 61.1 Å². The molecule has 0 aliphatic rings. The molecule has 0 aliphatic heterocycles. The summed E-state index contributed by atoms with van der Waals surface area (Å²) in [4.78, 5) is 35.1. The summed E-state index contributed by atoms with van der Waals surface area (Å²) in [5.74, 6) is -0.757. The number of benzene rings is 2. The van der Waals surface area contributed by atoms with E-state index in [0.717, 1.165) is 6.07 Å². The van der Waals surface area contributed by atoms with Crippen LogP contribution in [0.4, 0.5) is 14.5 Å². The molecule has 5 aromatic rings. The Kier molecular flexibility index (Phi) is 7.34. The fourth-order valence-corrected chi connectivity index (χ4v) is 4.31. The Labute approximate surface area is 233 Å². The molecule has 0 spiro atoms. The van der Waals surface area contributed by atoms with Crippen molar-refractivity contribution >= 4 is 22.6 Å². The number of nitrogens with one attached hydrogen (secondary N) is 1. The van der Waals surface area contributed by atoms with E-state index in [1.807, 2.05) is 0 Å². The van der Waals surface area contributed by atoms with Crippen LogP contribution in [-0.2, 0) is 7.05 Å². The van der Waals surface area contributed by atoms with Crippen molar-refractivity contribution in [2.75, 3.05) is 19.5 Å². The van der Waals surface area contributed by atoms with Crippen molar-refractivity contribution in [1.82, 2.24) is 14.5 Å². The molecule has 0 aliphatic carbocycles. The van der Waals surface area contributed by atoms with Crippen molar-refractivity contribution in [2.24, 2.45) is 7.05 Å². The molecule has 11 heteroatoms. The number of fused-ring (bicyclic) bond motifs is 1. The molecule has 3 aromatic heterocycles. The molecule has 5 rings (SSSR count). The van der Waals surface area contributed by atoms with Crippen LogP contribution in [-0.4, -0.2) is 34.7 Å². The molecule has 208 valence electrons.